The average molecular weight is 406 g/mol. The quantitative estimate of drug-likeness (QED) is 0.665. The van der Waals surface area contributed by atoms with E-state index >= 15 is 0 Å². The second-order valence-electron chi connectivity index (χ2n) is 6.26. The van der Waals surface area contributed by atoms with Gasteiger partial charge in [0.05, 0.1) is 23.0 Å². The predicted octanol–water partition coefficient (Wildman–Crippen LogP) is 4.31. The van der Waals surface area contributed by atoms with Crippen molar-refractivity contribution in [3.63, 3.8) is 0 Å². The highest BCUT2D eigenvalue weighted by molar-refractivity contribution is 6.33. The second kappa shape index (κ2) is 8.39. The molecular formula is C20H18ClF2N3O2. The van der Waals surface area contributed by atoms with Gasteiger partial charge in [-0.05, 0) is 38.1 Å². The zero-order valence-corrected chi connectivity index (χ0v) is 16.0. The number of aromatic nitrogens is 2. The minimum absolute atomic E-state index is 0.00220. The lowest BCUT2D eigenvalue weighted by Crippen LogP contribution is -2.37. The molecule has 1 atom stereocenters. The topological polar surface area (TPSA) is 56.2 Å². The van der Waals surface area contributed by atoms with Gasteiger partial charge in [-0.1, -0.05) is 29.8 Å². The van der Waals surface area contributed by atoms with Gasteiger partial charge in [0, 0.05) is 6.07 Å². The van der Waals surface area contributed by atoms with E-state index in [0.717, 1.165) is 17.8 Å². The molecule has 0 aliphatic heterocycles. The van der Waals surface area contributed by atoms with Crippen LogP contribution in [0.25, 0.3) is 5.69 Å². The first-order valence-electron chi connectivity index (χ1n) is 8.56. The minimum atomic E-state index is -0.804. The fourth-order valence-electron chi connectivity index (χ4n) is 2.64. The van der Waals surface area contributed by atoms with Crippen LogP contribution >= 0.6 is 11.6 Å². The molecule has 0 radical (unpaired) electrons. The molecule has 0 aliphatic carbocycles. The van der Waals surface area contributed by atoms with E-state index in [1.165, 1.54) is 10.7 Å². The standard InChI is InChI=1S/C20H18ClF2N3O2/c1-12(11-28-17-9-8-14(22)10-16(17)23)24-20(27)18-13(2)25-26(19(18)21)15-6-4-3-5-7-15/h3-10,12H,11H2,1-2H3,(H,24,27)/t12-/m0/s1. The van der Waals surface area contributed by atoms with Gasteiger partial charge in [-0.3, -0.25) is 4.79 Å². The third-order valence-corrected chi connectivity index (χ3v) is 4.34. The van der Waals surface area contributed by atoms with Crippen LogP contribution < -0.4 is 10.1 Å². The number of benzene rings is 2. The first-order chi connectivity index (χ1) is 13.4. The van der Waals surface area contributed by atoms with E-state index in [1.54, 1.807) is 13.8 Å². The Balaban J connectivity index is 1.68. The Morgan fingerprint density at radius 3 is 2.64 bits per heavy atom. The van der Waals surface area contributed by atoms with E-state index in [0.29, 0.717) is 5.69 Å². The molecule has 3 aromatic rings. The molecule has 0 aliphatic rings. The number of halogens is 3. The molecule has 0 saturated carbocycles. The van der Waals surface area contributed by atoms with E-state index in [9.17, 15) is 13.6 Å². The lowest BCUT2D eigenvalue weighted by atomic mass is 10.2. The van der Waals surface area contributed by atoms with Crippen molar-refractivity contribution in [2.24, 2.45) is 0 Å². The Bertz CT molecular complexity index is 993. The molecule has 0 fully saturated rings. The van der Waals surface area contributed by atoms with Gasteiger partial charge in [0.25, 0.3) is 5.91 Å². The highest BCUT2D eigenvalue weighted by Gasteiger charge is 2.22. The third-order valence-electron chi connectivity index (χ3n) is 3.99. The third kappa shape index (κ3) is 4.31. The number of rotatable bonds is 6. The summed E-state index contributed by atoms with van der Waals surface area (Å²) in [5.74, 6) is -2.00. The van der Waals surface area contributed by atoms with Gasteiger partial charge in [0.1, 0.15) is 17.6 Å². The van der Waals surface area contributed by atoms with Crippen molar-refractivity contribution < 1.29 is 18.3 Å². The van der Waals surface area contributed by atoms with Crippen LogP contribution in [0, 0.1) is 18.6 Å². The molecule has 0 bridgehead atoms. The van der Waals surface area contributed by atoms with E-state index in [1.807, 2.05) is 30.3 Å². The molecule has 8 heteroatoms. The van der Waals surface area contributed by atoms with Crippen molar-refractivity contribution in [2.45, 2.75) is 19.9 Å². The number of carbonyl (C=O) groups is 1. The van der Waals surface area contributed by atoms with Crippen LogP contribution in [0.5, 0.6) is 5.75 Å². The van der Waals surface area contributed by atoms with E-state index in [4.69, 9.17) is 16.3 Å². The van der Waals surface area contributed by atoms with Gasteiger partial charge in [0.2, 0.25) is 0 Å². The SMILES string of the molecule is Cc1nn(-c2ccccc2)c(Cl)c1C(=O)N[C@@H](C)COc1ccc(F)cc1F. The highest BCUT2D eigenvalue weighted by Crippen LogP contribution is 2.23. The molecular weight excluding hydrogens is 388 g/mol. The second-order valence-corrected chi connectivity index (χ2v) is 6.62. The van der Waals surface area contributed by atoms with Gasteiger partial charge in [-0.25, -0.2) is 13.5 Å². The normalized spacial score (nSPS) is 11.9. The maximum atomic E-state index is 13.6. The summed E-state index contributed by atoms with van der Waals surface area (Å²) in [4.78, 5) is 12.6. The molecule has 146 valence electrons. The Kier molecular flexibility index (Phi) is 5.94. The first-order valence-corrected chi connectivity index (χ1v) is 8.94. The number of amides is 1. The molecule has 2 aromatic carbocycles. The van der Waals surface area contributed by atoms with Crippen LogP contribution in [-0.4, -0.2) is 28.3 Å². The number of carbonyl (C=O) groups excluding carboxylic acids is 1. The van der Waals surface area contributed by atoms with Crippen molar-refractivity contribution in [1.29, 1.82) is 0 Å². The summed E-state index contributed by atoms with van der Waals surface area (Å²) in [5, 5.41) is 7.27. The molecule has 0 spiro atoms. The number of hydrogen-bond donors (Lipinski definition) is 1. The smallest absolute Gasteiger partial charge is 0.256 e. The average Bonchev–Trinajstić information content (AvgIpc) is 2.96. The van der Waals surface area contributed by atoms with Gasteiger partial charge in [-0.2, -0.15) is 5.10 Å². The minimum Gasteiger partial charge on any atom is -0.488 e. The van der Waals surface area contributed by atoms with E-state index < -0.39 is 23.6 Å². The summed E-state index contributed by atoms with van der Waals surface area (Å²) >= 11 is 6.37. The molecule has 0 unspecified atom stereocenters. The summed E-state index contributed by atoms with van der Waals surface area (Å²) in [6.45, 7) is 3.39. The summed E-state index contributed by atoms with van der Waals surface area (Å²) in [6, 6.07) is 11.8. The van der Waals surface area contributed by atoms with Crippen LogP contribution in [0.1, 0.15) is 23.0 Å². The largest absolute Gasteiger partial charge is 0.488 e. The van der Waals surface area contributed by atoms with Gasteiger partial charge >= 0.3 is 0 Å². The zero-order chi connectivity index (χ0) is 20.3. The Morgan fingerprint density at radius 2 is 1.96 bits per heavy atom. The molecule has 5 nitrogen and oxygen atoms in total. The number of ether oxygens (including phenoxy) is 1. The lowest BCUT2D eigenvalue weighted by molar-refractivity contribution is 0.0925. The Morgan fingerprint density at radius 1 is 1.25 bits per heavy atom. The summed E-state index contributed by atoms with van der Waals surface area (Å²) in [5.41, 5.74) is 1.46. The maximum absolute atomic E-state index is 13.6. The number of aryl methyl sites for hydroxylation is 1. The molecule has 1 amide bonds. The van der Waals surface area contributed by atoms with E-state index in [2.05, 4.69) is 10.4 Å². The van der Waals surface area contributed by atoms with Gasteiger partial charge in [0.15, 0.2) is 11.6 Å². The fourth-order valence-corrected chi connectivity index (χ4v) is 3.00. The van der Waals surface area contributed by atoms with Crippen LogP contribution in [0.4, 0.5) is 8.78 Å². The molecule has 1 N–H and O–H groups in total. The van der Waals surface area contributed by atoms with Crippen LogP contribution in [0.3, 0.4) is 0 Å². The lowest BCUT2D eigenvalue weighted by Gasteiger charge is -2.15. The van der Waals surface area contributed by atoms with Crippen molar-refractivity contribution in [3.05, 3.63) is 76.6 Å². The molecule has 3 rings (SSSR count). The fraction of sp³-hybridized carbons (Fsp3) is 0.200. The van der Waals surface area contributed by atoms with Crippen molar-refractivity contribution in [1.82, 2.24) is 15.1 Å². The van der Waals surface area contributed by atoms with Crippen molar-refractivity contribution >= 4 is 17.5 Å². The molecule has 1 aromatic heterocycles. The summed E-state index contributed by atoms with van der Waals surface area (Å²) < 4.78 is 33.4. The number of para-hydroxylation sites is 1. The van der Waals surface area contributed by atoms with E-state index in [-0.39, 0.29) is 23.1 Å². The number of hydrogen-bond acceptors (Lipinski definition) is 3. The Labute approximate surface area is 165 Å². The molecule has 0 saturated heterocycles. The number of nitrogens with zero attached hydrogens (tertiary/aromatic N) is 2. The maximum Gasteiger partial charge on any atom is 0.256 e. The van der Waals surface area contributed by atoms with Gasteiger partial charge < -0.3 is 10.1 Å². The van der Waals surface area contributed by atoms with Crippen molar-refractivity contribution in [2.75, 3.05) is 6.61 Å². The van der Waals surface area contributed by atoms with Crippen LogP contribution in [0.2, 0.25) is 5.15 Å². The summed E-state index contributed by atoms with van der Waals surface area (Å²) in [7, 11) is 0. The Hall–Kier alpha value is -2.93. The highest BCUT2D eigenvalue weighted by atomic mass is 35.5. The van der Waals surface area contributed by atoms with Crippen LogP contribution in [0.15, 0.2) is 48.5 Å². The summed E-state index contributed by atoms with van der Waals surface area (Å²) in [6.07, 6.45) is 0. The molecule has 1 heterocycles. The number of nitrogens with one attached hydrogen (secondary N) is 1. The van der Waals surface area contributed by atoms with Crippen LogP contribution in [-0.2, 0) is 0 Å². The monoisotopic (exact) mass is 405 g/mol. The first kappa shape index (κ1) is 19.8. The molecule has 28 heavy (non-hydrogen) atoms. The van der Waals surface area contributed by atoms with Gasteiger partial charge in [-0.15, -0.1) is 0 Å². The predicted molar refractivity (Wildman–Crippen MR) is 102 cm³/mol. The van der Waals surface area contributed by atoms with Crippen molar-refractivity contribution in [3.8, 4) is 11.4 Å². The zero-order valence-electron chi connectivity index (χ0n) is 15.2.